The number of carbonyl (C=O) groups excluding carboxylic acids is 1. The Morgan fingerprint density at radius 3 is 2.03 bits per heavy atom. The van der Waals surface area contributed by atoms with E-state index in [2.05, 4.69) is 69.3 Å². The quantitative estimate of drug-likeness (QED) is 0.0934. The third kappa shape index (κ3) is 6.43. The number of cyclic esters (lactones) is 1. The molecule has 6 aromatic carbocycles. The van der Waals surface area contributed by atoms with E-state index in [1.807, 2.05) is 72.8 Å². The molecule has 0 spiro atoms. The lowest BCUT2D eigenvalue weighted by atomic mass is 9.89. The summed E-state index contributed by atoms with van der Waals surface area (Å²) in [7, 11) is 0.123. The van der Waals surface area contributed by atoms with Crippen molar-refractivity contribution >= 4 is 35.4 Å². The Hall–Kier alpha value is -5.89. The van der Waals surface area contributed by atoms with Gasteiger partial charge in [-0.25, -0.2) is 4.79 Å². The van der Waals surface area contributed by atoms with Gasteiger partial charge < -0.3 is 47.1 Å². The summed E-state index contributed by atoms with van der Waals surface area (Å²) in [4.78, 5) is 13.9. The molecule has 6 aromatic rings. The van der Waals surface area contributed by atoms with Gasteiger partial charge in [0.15, 0.2) is 35.4 Å². The highest BCUT2D eigenvalue weighted by molar-refractivity contribution is 6.99. The summed E-state index contributed by atoms with van der Waals surface area (Å²) < 4.78 is 63.9. The highest BCUT2D eigenvalue weighted by atomic mass is 28.4. The molecule has 312 valence electrons. The molecule has 4 aliphatic heterocycles. The molecule has 0 aromatic heterocycles. The molecule has 2 unspecified atom stereocenters. The summed E-state index contributed by atoms with van der Waals surface area (Å²) in [6.45, 7) is 7.10. The van der Waals surface area contributed by atoms with Crippen LogP contribution >= 0.6 is 0 Å². The van der Waals surface area contributed by atoms with E-state index in [0.717, 1.165) is 21.5 Å². The smallest absolute Gasteiger partial charge is 0.339 e. The number of hydrogen-bond donors (Lipinski definition) is 0. The zero-order valence-electron chi connectivity index (χ0n) is 34.6. The van der Waals surface area contributed by atoms with E-state index >= 15 is 0 Å². The van der Waals surface area contributed by atoms with Crippen LogP contribution in [0.25, 0.3) is 21.9 Å². The normalized spacial score (nSPS) is 21.6. The van der Waals surface area contributed by atoms with Crippen molar-refractivity contribution < 1.29 is 51.9 Å². The first-order valence-corrected chi connectivity index (χ1v) is 22.3. The fraction of sp³-hybridized carbons (Fsp3) is 0.286. The predicted octanol–water partition coefficient (Wildman–Crippen LogP) is 8.09. The van der Waals surface area contributed by atoms with Crippen LogP contribution in [-0.4, -0.2) is 66.5 Å². The standard InChI is InChI=1S/C49H46O11Si/c1-48(2,3)61(32-17-11-7-12-18-32,33-19-13-8-14-20-33)57-28-49-27-54-47(44(49)59-46(60-49)30-15-9-6-10-16-30)58-43-35-25-39(52-5)38(51-4)24-34(35)41(42-36(43)26-53-45(42)50)31-21-22-37-40(23-31)56-29-55-37/h6-25,44,46-47H,26-29H2,1-5H3/t44-,46?,47?,49-/m0/s1. The van der Waals surface area contributed by atoms with Gasteiger partial charge >= 0.3 is 5.97 Å². The van der Waals surface area contributed by atoms with Crippen molar-refractivity contribution in [1.29, 1.82) is 0 Å². The van der Waals surface area contributed by atoms with Gasteiger partial charge in [0.2, 0.25) is 13.1 Å². The number of methoxy groups -OCH3 is 2. The van der Waals surface area contributed by atoms with Crippen LogP contribution in [0.5, 0.6) is 28.7 Å². The van der Waals surface area contributed by atoms with Gasteiger partial charge in [0.1, 0.15) is 18.0 Å². The Morgan fingerprint density at radius 2 is 1.38 bits per heavy atom. The first-order chi connectivity index (χ1) is 29.6. The third-order valence-corrected chi connectivity index (χ3v) is 17.2. The Balaban J connectivity index is 1.09. The molecule has 4 heterocycles. The molecule has 0 N–H and O–H groups in total. The molecule has 2 fully saturated rings. The molecule has 4 aliphatic rings. The molecular weight excluding hydrogens is 793 g/mol. The number of carbonyl (C=O) groups is 1. The summed E-state index contributed by atoms with van der Waals surface area (Å²) in [5.74, 6) is 2.08. The highest BCUT2D eigenvalue weighted by Gasteiger charge is 2.62. The predicted molar refractivity (Wildman–Crippen MR) is 230 cm³/mol. The molecule has 0 amide bonds. The van der Waals surface area contributed by atoms with Gasteiger partial charge in [0.25, 0.3) is 8.32 Å². The van der Waals surface area contributed by atoms with E-state index in [-0.39, 0.29) is 31.7 Å². The van der Waals surface area contributed by atoms with Crippen LogP contribution in [0.1, 0.15) is 48.5 Å². The van der Waals surface area contributed by atoms with Gasteiger partial charge in [0, 0.05) is 22.1 Å². The molecule has 0 aliphatic carbocycles. The van der Waals surface area contributed by atoms with Gasteiger partial charge in [-0.1, -0.05) is 118 Å². The monoisotopic (exact) mass is 838 g/mol. The first kappa shape index (κ1) is 39.3. The van der Waals surface area contributed by atoms with E-state index in [1.54, 1.807) is 14.2 Å². The van der Waals surface area contributed by atoms with E-state index in [4.69, 9.17) is 47.1 Å². The van der Waals surface area contributed by atoms with Crippen LogP contribution in [-0.2, 0) is 30.0 Å². The SMILES string of the molecule is COc1cc2c(OC3OC[C@@]4(CO[Si](c5ccccc5)(c5ccccc5)C(C)(C)C)OC(c5ccccc5)O[C@@H]34)c3c(c(-c4ccc5c(c4)OCO5)c2cc1OC)C(=O)OC3. The van der Waals surface area contributed by atoms with Crippen LogP contribution in [0.15, 0.2) is 121 Å². The second-order valence-corrected chi connectivity index (χ2v) is 21.0. The van der Waals surface area contributed by atoms with E-state index in [0.29, 0.717) is 56.2 Å². The average molecular weight is 839 g/mol. The highest BCUT2D eigenvalue weighted by Crippen LogP contribution is 2.52. The minimum atomic E-state index is -3.03. The lowest BCUT2D eigenvalue weighted by Gasteiger charge is -2.44. The summed E-state index contributed by atoms with van der Waals surface area (Å²) >= 11 is 0. The number of esters is 1. The van der Waals surface area contributed by atoms with Crippen LogP contribution in [0.3, 0.4) is 0 Å². The Labute approximate surface area is 355 Å². The van der Waals surface area contributed by atoms with Crippen LogP contribution in [0, 0.1) is 0 Å². The van der Waals surface area contributed by atoms with Crippen molar-refractivity contribution in [3.63, 3.8) is 0 Å². The van der Waals surface area contributed by atoms with Crippen molar-refractivity contribution in [2.24, 2.45) is 0 Å². The van der Waals surface area contributed by atoms with Crippen LogP contribution in [0.2, 0.25) is 5.04 Å². The van der Waals surface area contributed by atoms with Gasteiger partial charge in [0.05, 0.1) is 33.0 Å². The van der Waals surface area contributed by atoms with Crippen LogP contribution in [0.4, 0.5) is 0 Å². The van der Waals surface area contributed by atoms with Crippen molar-refractivity contribution in [2.45, 2.75) is 56.7 Å². The maximum Gasteiger partial charge on any atom is 0.339 e. The average Bonchev–Trinajstić information content (AvgIpc) is 4.08. The molecule has 4 atom stereocenters. The molecule has 0 radical (unpaired) electrons. The largest absolute Gasteiger partial charge is 0.493 e. The maximum atomic E-state index is 13.9. The lowest BCUT2D eigenvalue weighted by molar-refractivity contribution is -0.166. The minimum absolute atomic E-state index is 0.0190. The number of rotatable bonds is 11. The zero-order chi connectivity index (χ0) is 41.9. The summed E-state index contributed by atoms with van der Waals surface area (Å²) in [5, 5.41) is 3.33. The molecule has 12 heteroatoms. The van der Waals surface area contributed by atoms with E-state index in [9.17, 15) is 4.79 Å². The third-order valence-electron chi connectivity index (χ3n) is 12.2. The summed E-state index contributed by atoms with van der Waals surface area (Å²) in [5.41, 5.74) is 2.09. The molecule has 11 nitrogen and oxygen atoms in total. The Kier molecular flexibility index (Phi) is 9.80. The van der Waals surface area contributed by atoms with Crippen LogP contribution < -0.4 is 34.1 Å². The van der Waals surface area contributed by atoms with Crippen molar-refractivity contribution in [1.82, 2.24) is 0 Å². The van der Waals surface area contributed by atoms with Crippen molar-refractivity contribution in [3.05, 3.63) is 138 Å². The van der Waals surface area contributed by atoms with Gasteiger partial charge in [-0.15, -0.1) is 0 Å². The minimum Gasteiger partial charge on any atom is -0.493 e. The molecule has 10 rings (SSSR count). The lowest BCUT2D eigenvalue weighted by Crippen LogP contribution is -2.68. The number of fused-ring (bicyclic) bond motifs is 4. The van der Waals surface area contributed by atoms with Gasteiger partial charge in [-0.2, -0.15) is 0 Å². The zero-order valence-corrected chi connectivity index (χ0v) is 35.6. The summed E-state index contributed by atoms with van der Waals surface area (Å²) in [6, 6.07) is 40.2. The fourth-order valence-corrected chi connectivity index (χ4v) is 13.9. The van der Waals surface area contributed by atoms with Gasteiger partial charge in [-0.3, -0.25) is 0 Å². The first-order valence-electron chi connectivity index (χ1n) is 20.4. The van der Waals surface area contributed by atoms with Crippen molar-refractivity contribution in [2.75, 3.05) is 34.2 Å². The van der Waals surface area contributed by atoms with Crippen molar-refractivity contribution in [3.8, 4) is 39.9 Å². The maximum absolute atomic E-state index is 13.9. The Bertz CT molecular complexity index is 2570. The topological polar surface area (TPSA) is 109 Å². The molecule has 2 saturated heterocycles. The van der Waals surface area contributed by atoms with Gasteiger partial charge in [-0.05, 0) is 50.6 Å². The number of hydrogen-bond acceptors (Lipinski definition) is 11. The molecule has 0 saturated carbocycles. The summed E-state index contributed by atoms with van der Waals surface area (Å²) in [6.07, 6.45) is -2.47. The number of benzene rings is 6. The number of ether oxygens (including phenoxy) is 9. The second kappa shape index (κ2) is 15.2. The molecule has 0 bridgehead atoms. The molecular formula is C49H46O11Si. The molecule has 61 heavy (non-hydrogen) atoms. The van der Waals surface area contributed by atoms with E-state index < -0.39 is 38.6 Å². The fourth-order valence-electron chi connectivity index (χ4n) is 9.32. The van der Waals surface area contributed by atoms with E-state index in [1.165, 1.54) is 0 Å². The second-order valence-electron chi connectivity index (χ2n) is 16.7. The Morgan fingerprint density at radius 1 is 0.738 bits per heavy atom.